The topological polar surface area (TPSA) is 29.1 Å². The second-order valence-corrected chi connectivity index (χ2v) is 6.07. The van der Waals surface area contributed by atoms with Gasteiger partial charge in [0.1, 0.15) is 11.2 Å². The molecule has 2 nitrogen and oxygen atoms in total. The van der Waals surface area contributed by atoms with Gasteiger partial charge in [-0.1, -0.05) is 6.07 Å². The minimum absolute atomic E-state index is 0.294. The Morgan fingerprint density at radius 1 is 1.47 bits per heavy atom. The number of hydrogen-bond donors (Lipinski definition) is 1. The molecule has 0 aromatic heterocycles. The van der Waals surface area contributed by atoms with Crippen molar-refractivity contribution in [1.82, 2.24) is 5.32 Å². The molecule has 1 unspecified atom stereocenters. The molecule has 1 rings (SSSR count). The Morgan fingerprint density at radius 3 is 2.53 bits per heavy atom. The number of amides is 1. The van der Waals surface area contributed by atoms with Crippen LogP contribution < -0.4 is 5.32 Å². The van der Waals surface area contributed by atoms with Crippen molar-refractivity contribution in [3.63, 3.8) is 0 Å². The molecule has 0 bridgehead atoms. The van der Waals surface area contributed by atoms with Crippen LogP contribution in [0.4, 0.5) is 4.39 Å². The van der Waals surface area contributed by atoms with Crippen LogP contribution in [0, 0.1) is 5.82 Å². The normalized spacial score (nSPS) is 13.3. The maximum Gasteiger partial charge on any atom is 0.243 e. The highest BCUT2D eigenvalue weighted by atomic mass is 79.9. The fraction of sp³-hybridized carbons (Fsp3) is 0.417. The van der Waals surface area contributed by atoms with Crippen LogP contribution in [0.1, 0.15) is 31.7 Å². The van der Waals surface area contributed by atoms with E-state index >= 15 is 0 Å². The van der Waals surface area contributed by atoms with Gasteiger partial charge in [-0.05, 0) is 54.4 Å². The molecule has 1 aromatic rings. The van der Waals surface area contributed by atoms with Gasteiger partial charge in [0.05, 0.1) is 4.47 Å². The number of halogens is 3. The first-order valence-corrected chi connectivity index (χ1v) is 6.35. The van der Waals surface area contributed by atoms with Crippen molar-refractivity contribution in [1.29, 1.82) is 0 Å². The van der Waals surface area contributed by atoms with E-state index < -0.39 is 5.38 Å². The van der Waals surface area contributed by atoms with Gasteiger partial charge in [0.25, 0.3) is 0 Å². The fourth-order valence-corrected chi connectivity index (χ4v) is 1.84. The van der Waals surface area contributed by atoms with Crippen LogP contribution in [-0.2, 0) is 4.79 Å². The van der Waals surface area contributed by atoms with Gasteiger partial charge in [-0.25, -0.2) is 4.39 Å². The second kappa shape index (κ2) is 5.36. The first-order valence-electron chi connectivity index (χ1n) is 5.12. The van der Waals surface area contributed by atoms with Crippen LogP contribution in [-0.4, -0.2) is 11.4 Å². The van der Waals surface area contributed by atoms with E-state index in [9.17, 15) is 9.18 Å². The highest BCUT2D eigenvalue weighted by Crippen LogP contribution is 2.26. The average molecular weight is 323 g/mol. The van der Waals surface area contributed by atoms with Gasteiger partial charge < -0.3 is 5.32 Å². The monoisotopic (exact) mass is 321 g/mol. The van der Waals surface area contributed by atoms with E-state index in [0.717, 1.165) is 0 Å². The molecular weight excluding hydrogens is 308 g/mol. The molecule has 1 N–H and O–H groups in total. The van der Waals surface area contributed by atoms with Crippen LogP contribution in [0.15, 0.2) is 22.7 Å². The smallest absolute Gasteiger partial charge is 0.243 e. The molecule has 0 spiro atoms. The Morgan fingerprint density at radius 2 is 2.06 bits per heavy atom. The highest BCUT2D eigenvalue weighted by molar-refractivity contribution is 9.10. The largest absolute Gasteiger partial charge is 0.350 e. The molecule has 0 aliphatic rings. The van der Waals surface area contributed by atoms with Crippen LogP contribution in [0.3, 0.4) is 0 Å². The number of carbonyl (C=O) groups is 1. The third-order valence-corrected chi connectivity index (χ3v) is 3.02. The van der Waals surface area contributed by atoms with Crippen molar-refractivity contribution >= 4 is 33.4 Å². The molecule has 1 amide bonds. The Kier molecular flexibility index (Phi) is 4.55. The highest BCUT2D eigenvalue weighted by Gasteiger charge is 2.22. The summed E-state index contributed by atoms with van der Waals surface area (Å²) < 4.78 is 13.3. The van der Waals surface area contributed by atoms with Crippen LogP contribution in [0.25, 0.3) is 0 Å². The lowest BCUT2D eigenvalue weighted by molar-refractivity contribution is -0.122. The van der Waals surface area contributed by atoms with Crippen LogP contribution in [0.2, 0.25) is 0 Å². The maximum atomic E-state index is 13.0. The molecular formula is C12H14BrClFNO. The first-order chi connectivity index (χ1) is 7.70. The summed E-state index contributed by atoms with van der Waals surface area (Å²) in [7, 11) is 0. The fourth-order valence-electron chi connectivity index (χ4n) is 1.25. The molecule has 5 heteroatoms. The Balaban J connectivity index is 2.85. The minimum atomic E-state index is -0.828. The zero-order valence-corrected chi connectivity index (χ0v) is 12.2. The number of carbonyl (C=O) groups excluding carboxylic acids is 1. The SMILES string of the molecule is CC(C)(C)NC(=O)C(Cl)c1ccc(F)c(Br)c1. The van der Waals surface area contributed by atoms with E-state index in [2.05, 4.69) is 21.2 Å². The van der Waals surface area contributed by atoms with Crippen LogP contribution >= 0.6 is 27.5 Å². The van der Waals surface area contributed by atoms with Gasteiger partial charge in [-0.2, -0.15) is 0 Å². The van der Waals surface area contributed by atoms with Gasteiger partial charge in [0, 0.05) is 5.54 Å². The van der Waals surface area contributed by atoms with E-state index in [1.165, 1.54) is 18.2 Å². The predicted octanol–water partition coefficient (Wildman–Crippen LogP) is 3.78. The molecule has 94 valence electrons. The van der Waals surface area contributed by atoms with E-state index in [-0.39, 0.29) is 17.3 Å². The van der Waals surface area contributed by atoms with E-state index in [1.807, 2.05) is 20.8 Å². The summed E-state index contributed by atoms with van der Waals surface area (Å²) in [6, 6.07) is 4.29. The molecule has 0 radical (unpaired) electrons. The van der Waals surface area contributed by atoms with Crippen molar-refractivity contribution in [2.24, 2.45) is 0 Å². The summed E-state index contributed by atoms with van der Waals surface area (Å²) in [6.07, 6.45) is 0. The average Bonchev–Trinajstić information content (AvgIpc) is 2.18. The van der Waals surface area contributed by atoms with Crippen LogP contribution in [0.5, 0.6) is 0 Å². The first kappa shape index (κ1) is 14.5. The lowest BCUT2D eigenvalue weighted by Gasteiger charge is -2.22. The molecule has 0 aliphatic heterocycles. The van der Waals surface area contributed by atoms with E-state index in [0.29, 0.717) is 10.0 Å². The summed E-state index contributed by atoms with van der Waals surface area (Å²) in [5.74, 6) is -0.675. The minimum Gasteiger partial charge on any atom is -0.350 e. The number of nitrogens with one attached hydrogen (secondary N) is 1. The Labute approximate surface area is 114 Å². The third kappa shape index (κ3) is 4.28. The van der Waals surface area contributed by atoms with E-state index in [1.54, 1.807) is 0 Å². The van der Waals surface area contributed by atoms with Gasteiger partial charge in [-0.3, -0.25) is 4.79 Å². The van der Waals surface area contributed by atoms with Crippen molar-refractivity contribution in [3.8, 4) is 0 Å². The zero-order chi connectivity index (χ0) is 13.2. The quantitative estimate of drug-likeness (QED) is 0.825. The molecule has 1 atom stereocenters. The Hall–Kier alpha value is -0.610. The molecule has 0 aliphatic carbocycles. The Bertz CT molecular complexity index is 431. The zero-order valence-electron chi connectivity index (χ0n) is 9.85. The molecule has 17 heavy (non-hydrogen) atoms. The molecule has 0 saturated heterocycles. The van der Waals surface area contributed by atoms with Gasteiger partial charge in [-0.15, -0.1) is 11.6 Å². The molecule has 0 heterocycles. The number of hydrogen-bond acceptors (Lipinski definition) is 1. The van der Waals surface area contributed by atoms with Crippen molar-refractivity contribution < 1.29 is 9.18 Å². The lowest BCUT2D eigenvalue weighted by Crippen LogP contribution is -2.42. The predicted molar refractivity (Wildman–Crippen MR) is 70.6 cm³/mol. The molecule has 1 aromatic carbocycles. The summed E-state index contributed by atoms with van der Waals surface area (Å²) in [5.41, 5.74) is 0.211. The number of alkyl halides is 1. The lowest BCUT2D eigenvalue weighted by atomic mass is 10.1. The standard InChI is InChI=1S/C12H14BrClFNO/c1-12(2,3)16-11(17)10(14)7-4-5-9(15)8(13)6-7/h4-6,10H,1-3H3,(H,16,17). The van der Waals surface area contributed by atoms with Crippen molar-refractivity contribution in [2.45, 2.75) is 31.7 Å². The third-order valence-electron chi connectivity index (χ3n) is 1.96. The van der Waals surface area contributed by atoms with Gasteiger partial charge in [0.2, 0.25) is 5.91 Å². The van der Waals surface area contributed by atoms with Gasteiger partial charge in [0.15, 0.2) is 0 Å². The summed E-state index contributed by atoms with van der Waals surface area (Å²) in [5, 5.41) is 1.94. The summed E-state index contributed by atoms with van der Waals surface area (Å²) in [6.45, 7) is 5.61. The summed E-state index contributed by atoms with van der Waals surface area (Å²) >= 11 is 9.09. The number of benzene rings is 1. The molecule has 0 fully saturated rings. The maximum absolute atomic E-state index is 13.0. The molecule has 0 saturated carbocycles. The summed E-state index contributed by atoms with van der Waals surface area (Å²) in [4.78, 5) is 11.8. The number of rotatable bonds is 2. The second-order valence-electron chi connectivity index (χ2n) is 4.78. The van der Waals surface area contributed by atoms with E-state index in [4.69, 9.17) is 11.6 Å². The van der Waals surface area contributed by atoms with Crippen molar-refractivity contribution in [3.05, 3.63) is 34.1 Å². The van der Waals surface area contributed by atoms with Crippen molar-refractivity contribution in [2.75, 3.05) is 0 Å². The van der Waals surface area contributed by atoms with Gasteiger partial charge >= 0.3 is 0 Å².